The summed E-state index contributed by atoms with van der Waals surface area (Å²) in [5.41, 5.74) is 2.04. The maximum atomic E-state index is 12.5. The van der Waals surface area contributed by atoms with Crippen molar-refractivity contribution in [2.45, 2.75) is 33.2 Å². The van der Waals surface area contributed by atoms with E-state index >= 15 is 0 Å². The third kappa shape index (κ3) is 4.82. The highest BCUT2D eigenvalue weighted by Crippen LogP contribution is 2.18. The molecule has 0 spiro atoms. The van der Waals surface area contributed by atoms with Crippen molar-refractivity contribution in [3.05, 3.63) is 42.5 Å². The summed E-state index contributed by atoms with van der Waals surface area (Å²) in [6.07, 6.45) is 6.89. The zero-order chi connectivity index (χ0) is 18.6. The van der Waals surface area contributed by atoms with Crippen LogP contribution in [0.3, 0.4) is 0 Å². The third-order valence-electron chi connectivity index (χ3n) is 3.46. The molecular weight excluding hydrogens is 316 g/mol. The Labute approximate surface area is 148 Å². The van der Waals surface area contributed by atoms with Crippen molar-refractivity contribution < 1.29 is 4.79 Å². The molecule has 0 aromatic carbocycles. The van der Waals surface area contributed by atoms with E-state index in [0.717, 1.165) is 12.2 Å². The van der Waals surface area contributed by atoms with Gasteiger partial charge in [0.15, 0.2) is 5.65 Å². The van der Waals surface area contributed by atoms with Gasteiger partial charge in [0.05, 0.1) is 17.5 Å². The number of aromatic nitrogens is 3. The number of fused-ring (bicyclic) bond motifs is 1. The lowest BCUT2D eigenvalue weighted by molar-refractivity contribution is 0.0921. The minimum absolute atomic E-state index is 0.185. The molecule has 2 rings (SSSR count). The molecule has 1 amide bonds. The van der Waals surface area contributed by atoms with Crippen molar-refractivity contribution in [3.63, 3.8) is 0 Å². The Hall–Kier alpha value is -2.83. The number of hydrogen-bond donors (Lipinski definition) is 3. The molecule has 0 aliphatic rings. The SMILES string of the molecule is C=C/C(=C\N(C)CC)Nc1cnc2[nH]cc(C(=O)NC(C)(C)C)c2n1. The van der Waals surface area contributed by atoms with Gasteiger partial charge in [0.1, 0.15) is 11.3 Å². The average molecular weight is 342 g/mol. The largest absolute Gasteiger partial charge is 0.379 e. The van der Waals surface area contributed by atoms with Gasteiger partial charge in [0.25, 0.3) is 5.91 Å². The van der Waals surface area contributed by atoms with E-state index in [2.05, 4.69) is 39.1 Å². The van der Waals surface area contributed by atoms with Crippen LogP contribution in [-0.4, -0.2) is 44.9 Å². The van der Waals surface area contributed by atoms with Gasteiger partial charge in [-0.25, -0.2) is 9.97 Å². The molecular formula is C18H26N6O. The topological polar surface area (TPSA) is 85.9 Å². The second-order valence-electron chi connectivity index (χ2n) is 6.85. The molecule has 0 bridgehead atoms. The fraction of sp³-hybridized carbons (Fsp3) is 0.389. The molecule has 0 fully saturated rings. The Morgan fingerprint density at radius 2 is 2.16 bits per heavy atom. The first-order valence-electron chi connectivity index (χ1n) is 8.21. The van der Waals surface area contributed by atoms with E-state index in [4.69, 9.17) is 0 Å². The standard InChI is InChI=1S/C18H26N6O/c1-7-12(11-24(6)8-2)21-14-10-20-16-15(22-14)13(9-19-16)17(25)23-18(3,4)5/h7,9-11H,1,8H2,2-6H3,(H,19,20)(H,21,22)(H,23,25)/b12-11+. The fourth-order valence-corrected chi connectivity index (χ4v) is 2.15. The monoisotopic (exact) mass is 342 g/mol. The molecule has 0 saturated heterocycles. The predicted octanol–water partition coefficient (Wildman–Crippen LogP) is 2.88. The van der Waals surface area contributed by atoms with E-state index in [-0.39, 0.29) is 11.4 Å². The van der Waals surface area contributed by atoms with E-state index in [1.165, 1.54) is 0 Å². The van der Waals surface area contributed by atoms with Crippen LogP contribution in [0, 0.1) is 0 Å². The van der Waals surface area contributed by atoms with E-state index < -0.39 is 0 Å². The molecule has 2 heterocycles. The van der Waals surface area contributed by atoms with Gasteiger partial charge >= 0.3 is 0 Å². The summed E-state index contributed by atoms with van der Waals surface area (Å²) in [7, 11) is 1.97. The lowest BCUT2D eigenvalue weighted by Gasteiger charge is -2.20. The molecule has 0 aliphatic heterocycles. The minimum Gasteiger partial charge on any atom is -0.379 e. The molecule has 0 aliphatic carbocycles. The molecule has 2 aromatic heterocycles. The molecule has 0 atom stereocenters. The number of nitrogens with one attached hydrogen (secondary N) is 3. The van der Waals surface area contributed by atoms with Crippen molar-refractivity contribution in [1.29, 1.82) is 0 Å². The number of aromatic amines is 1. The number of H-pyrrole nitrogens is 1. The van der Waals surface area contributed by atoms with Crippen LogP contribution in [0.4, 0.5) is 5.82 Å². The number of carbonyl (C=O) groups excluding carboxylic acids is 1. The summed E-state index contributed by atoms with van der Waals surface area (Å²) >= 11 is 0. The molecule has 7 nitrogen and oxygen atoms in total. The third-order valence-corrected chi connectivity index (χ3v) is 3.46. The highest BCUT2D eigenvalue weighted by atomic mass is 16.1. The minimum atomic E-state index is -0.326. The number of hydrogen-bond acceptors (Lipinski definition) is 5. The van der Waals surface area contributed by atoms with Crippen LogP contribution in [0.5, 0.6) is 0 Å². The maximum absolute atomic E-state index is 12.5. The molecule has 7 heteroatoms. The molecule has 0 saturated carbocycles. The Morgan fingerprint density at radius 3 is 2.76 bits per heavy atom. The molecule has 0 unspecified atom stereocenters. The lowest BCUT2D eigenvalue weighted by atomic mass is 10.1. The van der Waals surface area contributed by atoms with Crippen molar-refractivity contribution >= 4 is 22.9 Å². The number of carbonyl (C=O) groups is 1. The first-order valence-corrected chi connectivity index (χ1v) is 8.21. The van der Waals surface area contributed by atoms with Crippen molar-refractivity contribution in [3.8, 4) is 0 Å². The van der Waals surface area contributed by atoms with E-state index in [1.54, 1.807) is 18.5 Å². The van der Waals surface area contributed by atoms with Gasteiger partial charge in [-0.2, -0.15) is 0 Å². The number of anilines is 1. The van der Waals surface area contributed by atoms with Gasteiger partial charge in [0.2, 0.25) is 0 Å². The first-order chi connectivity index (χ1) is 11.7. The van der Waals surface area contributed by atoms with Gasteiger partial charge in [-0.1, -0.05) is 6.58 Å². The van der Waals surface area contributed by atoms with Crippen molar-refractivity contribution in [2.24, 2.45) is 0 Å². The summed E-state index contributed by atoms with van der Waals surface area (Å²) in [6, 6.07) is 0. The van der Waals surface area contributed by atoms with Crippen LogP contribution in [-0.2, 0) is 0 Å². The van der Waals surface area contributed by atoms with Crippen LogP contribution >= 0.6 is 0 Å². The number of rotatable bonds is 6. The van der Waals surface area contributed by atoms with Crippen LogP contribution < -0.4 is 10.6 Å². The highest BCUT2D eigenvalue weighted by Gasteiger charge is 2.19. The Bertz CT molecular complexity index is 799. The summed E-state index contributed by atoms with van der Waals surface area (Å²) in [5, 5.41) is 6.11. The number of nitrogens with zero attached hydrogens (tertiary/aromatic N) is 3. The summed E-state index contributed by atoms with van der Waals surface area (Å²) < 4.78 is 0. The van der Waals surface area contributed by atoms with Crippen molar-refractivity contribution in [2.75, 3.05) is 18.9 Å². The summed E-state index contributed by atoms with van der Waals surface area (Å²) in [4.78, 5) is 26.3. The van der Waals surface area contributed by atoms with Crippen molar-refractivity contribution in [1.82, 2.24) is 25.2 Å². The Morgan fingerprint density at radius 1 is 1.44 bits per heavy atom. The molecule has 25 heavy (non-hydrogen) atoms. The Kier molecular flexibility index (Phi) is 5.46. The van der Waals surface area contributed by atoms with Crippen LogP contribution in [0.25, 0.3) is 11.2 Å². The molecule has 0 radical (unpaired) electrons. The van der Waals surface area contributed by atoms with Gasteiger partial charge in [-0.05, 0) is 33.8 Å². The highest BCUT2D eigenvalue weighted by molar-refractivity contribution is 6.04. The van der Waals surface area contributed by atoms with Gasteiger partial charge < -0.3 is 20.5 Å². The second kappa shape index (κ2) is 7.38. The molecule has 2 aromatic rings. The van der Waals surface area contributed by atoms with E-state index in [9.17, 15) is 4.79 Å². The fourth-order valence-electron chi connectivity index (χ4n) is 2.15. The van der Waals surface area contributed by atoms with Crippen LogP contribution in [0.2, 0.25) is 0 Å². The quantitative estimate of drug-likeness (QED) is 0.703. The van der Waals surface area contributed by atoms with Crippen LogP contribution in [0.1, 0.15) is 38.1 Å². The summed E-state index contributed by atoms with van der Waals surface area (Å²) in [6.45, 7) is 12.5. The molecule has 134 valence electrons. The average Bonchev–Trinajstić information content (AvgIpc) is 2.95. The second-order valence-corrected chi connectivity index (χ2v) is 6.85. The zero-order valence-electron chi connectivity index (χ0n) is 15.5. The zero-order valence-corrected chi connectivity index (χ0v) is 15.5. The lowest BCUT2D eigenvalue weighted by Crippen LogP contribution is -2.40. The van der Waals surface area contributed by atoms with Crippen LogP contribution in [0.15, 0.2) is 36.9 Å². The normalized spacial score (nSPS) is 12.1. The summed E-state index contributed by atoms with van der Waals surface area (Å²) in [5.74, 6) is 0.364. The van der Waals surface area contributed by atoms with E-state index in [1.807, 2.05) is 38.9 Å². The Balaban J connectivity index is 2.32. The van der Waals surface area contributed by atoms with Gasteiger partial charge in [0, 0.05) is 31.5 Å². The van der Waals surface area contributed by atoms with E-state index in [0.29, 0.717) is 22.5 Å². The first kappa shape index (κ1) is 18.5. The number of allylic oxidation sites excluding steroid dienone is 1. The number of amides is 1. The molecule has 3 N–H and O–H groups in total. The van der Waals surface area contributed by atoms with Gasteiger partial charge in [-0.3, -0.25) is 4.79 Å². The smallest absolute Gasteiger partial charge is 0.255 e. The van der Waals surface area contributed by atoms with Gasteiger partial charge in [-0.15, -0.1) is 0 Å². The maximum Gasteiger partial charge on any atom is 0.255 e. The predicted molar refractivity (Wildman–Crippen MR) is 101 cm³/mol.